The van der Waals surface area contributed by atoms with E-state index in [2.05, 4.69) is 10.6 Å². The molecule has 0 aliphatic carbocycles. The second-order valence-corrected chi connectivity index (χ2v) is 14.0. The molecular formula is C32H47FN4O7S. The summed E-state index contributed by atoms with van der Waals surface area (Å²) in [6.45, 7) is 9.36. The van der Waals surface area contributed by atoms with E-state index in [9.17, 15) is 27.5 Å². The fourth-order valence-corrected chi connectivity index (χ4v) is 6.21. The van der Waals surface area contributed by atoms with Crippen LogP contribution in [0.25, 0.3) is 0 Å². The van der Waals surface area contributed by atoms with Gasteiger partial charge in [-0.25, -0.2) is 17.6 Å². The molecule has 0 saturated heterocycles. The standard InChI is InChI=1S/C32H47FN4O7S/c1-21(2)34-32(40)35-26-12-15-29-28(17-26)31(39)37(23(4)20-38)18-22(3)30(43-16-8-7-9-24(5)44-29)19-36(6)45(41,42)27-13-10-25(33)11-14-27/h10-15,17,21-24,30,38H,7-9,16,18-20H2,1-6H3,(H2,34,35,40)/t22-,23+,24+,30+/m0/s1. The lowest BCUT2D eigenvalue weighted by molar-refractivity contribution is -0.00834. The molecule has 1 aliphatic heterocycles. The number of nitrogens with zero attached hydrogens (tertiary/aromatic N) is 2. The highest BCUT2D eigenvalue weighted by Gasteiger charge is 2.32. The third-order valence-electron chi connectivity index (χ3n) is 7.69. The number of urea groups is 1. The van der Waals surface area contributed by atoms with E-state index < -0.39 is 39.9 Å². The molecule has 3 amide bonds. The molecule has 2 aromatic carbocycles. The predicted molar refractivity (Wildman–Crippen MR) is 170 cm³/mol. The summed E-state index contributed by atoms with van der Waals surface area (Å²) in [5.74, 6) is -0.953. The summed E-state index contributed by atoms with van der Waals surface area (Å²) < 4.78 is 53.7. The third-order valence-corrected chi connectivity index (χ3v) is 9.53. The summed E-state index contributed by atoms with van der Waals surface area (Å²) in [6.07, 6.45) is 1.34. The number of hydrogen-bond acceptors (Lipinski definition) is 7. The van der Waals surface area contributed by atoms with Crippen molar-refractivity contribution in [2.75, 3.05) is 38.7 Å². The first-order valence-corrected chi connectivity index (χ1v) is 16.8. The predicted octanol–water partition coefficient (Wildman–Crippen LogP) is 4.47. The number of anilines is 1. The fourth-order valence-electron chi connectivity index (χ4n) is 5.03. The van der Waals surface area contributed by atoms with Crippen molar-refractivity contribution in [1.29, 1.82) is 0 Å². The minimum atomic E-state index is -3.94. The van der Waals surface area contributed by atoms with Crippen LogP contribution in [0.1, 0.15) is 64.2 Å². The number of likely N-dealkylation sites (N-methyl/N-ethyl adjacent to an activating group) is 1. The van der Waals surface area contributed by atoms with Gasteiger partial charge in [-0.2, -0.15) is 4.31 Å². The molecular weight excluding hydrogens is 603 g/mol. The smallest absolute Gasteiger partial charge is 0.319 e. The Kier molecular flexibility index (Phi) is 13.2. The highest BCUT2D eigenvalue weighted by molar-refractivity contribution is 7.89. The van der Waals surface area contributed by atoms with Gasteiger partial charge in [0.1, 0.15) is 11.6 Å². The number of nitrogens with one attached hydrogen (secondary N) is 2. The van der Waals surface area contributed by atoms with Gasteiger partial charge in [0.25, 0.3) is 5.91 Å². The van der Waals surface area contributed by atoms with Crippen LogP contribution < -0.4 is 15.4 Å². The molecule has 45 heavy (non-hydrogen) atoms. The average molecular weight is 651 g/mol. The van der Waals surface area contributed by atoms with Gasteiger partial charge < -0.3 is 30.1 Å². The minimum absolute atomic E-state index is 0.00839. The average Bonchev–Trinajstić information content (AvgIpc) is 2.98. The molecule has 2 aromatic rings. The van der Waals surface area contributed by atoms with Crippen molar-refractivity contribution < 1.29 is 37.0 Å². The maximum atomic E-state index is 14.2. The van der Waals surface area contributed by atoms with Crippen LogP contribution in [0.2, 0.25) is 0 Å². The van der Waals surface area contributed by atoms with E-state index in [1.807, 2.05) is 27.7 Å². The van der Waals surface area contributed by atoms with Gasteiger partial charge >= 0.3 is 6.03 Å². The lowest BCUT2D eigenvalue weighted by atomic mass is 10.0. The van der Waals surface area contributed by atoms with Crippen molar-refractivity contribution in [3.8, 4) is 5.75 Å². The number of halogens is 1. The summed E-state index contributed by atoms with van der Waals surface area (Å²) in [4.78, 5) is 28.1. The monoisotopic (exact) mass is 650 g/mol. The zero-order valence-corrected chi connectivity index (χ0v) is 27.8. The molecule has 1 aliphatic rings. The number of ether oxygens (including phenoxy) is 2. The van der Waals surface area contributed by atoms with Gasteiger partial charge in [0.2, 0.25) is 10.0 Å². The molecule has 13 heteroatoms. The first-order valence-electron chi connectivity index (χ1n) is 15.4. The molecule has 0 bridgehead atoms. The van der Waals surface area contributed by atoms with E-state index in [1.165, 1.54) is 28.4 Å². The first kappa shape index (κ1) is 36.2. The van der Waals surface area contributed by atoms with Crippen LogP contribution in [0.5, 0.6) is 5.75 Å². The number of carbonyl (C=O) groups excluding carboxylic acids is 2. The van der Waals surface area contributed by atoms with Gasteiger partial charge in [0, 0.05) is 44.4 Å². The van der Waals surface area contributed by atoms with Gasteiger partial charge in [-0.1, -0.05) is 6.92 Å². The van der Waals surface area contributed by atoms with Crippen LogP contribution in [0.3, 0.4) is 0 Å². The van der Waals surface area contributed by atoms with Crippen LogP contribution in [0, 0.1) is 11.7 Å². The van der Waals surface area contributed by atoms with E-state index in [0.717, 1.165) is 18.6 Å². The number of fused-ring (bicyclic) bond motifs is 1. The number of hydrogen-bond donors (Lipinski definition) is 3. The Morgan fingerprint density at radius 3 is 2.47 bits per heavy atom. The van der Waals surface area contributed by atoms with Crippen molar-refractivity contribution in [3.63, 3.8) is 0 Å². The number of carbonyl (C=O) groups is 2. The van der Waals surface area contributed by atoms with E-state index in [1.54, 1.807) is 25.1 Å². The molecule has 4 atom stereocenters. The number of benzene rings is 2. The molecule has 0 fully saturated rings. The normalized spacial score (nSPS) is 21.1. The quantitative estimate of drug-likeness (QED) is 0.383. The zero-order chi connectivity index (χ0) is 33.3. The molecule has 3 N–H and O–H groups in total. The summed E-state index contributed by atoms with van der Waals surface area (Å²) in [6, 6.07) is 8.44. The SMILES string of the molecule is CC(C)NC(=O)Nc1ccc2c(c1)C(=O)N([C@H](C)CO)C[C@H](C)[C@@H](CN(C)S(=O)(=O)c1ccc(F)cc1)OCCCC[C@@H](C)O2. The lowest BCUT2D eigenvalue weighted by Gasteiger charge is -2.35. The topological polar surface area (TPSA) is 138 Å². The molecule has 0 radical (unpaired) electrons. The minimum Gasteiger partial charge on any atom is -0.490 e. The molecule has 3 rings (SSSR count). The molecule has 0 unspecified atom stereocenters. The Balaban J connectivity index is 1.96. The number of aliphatic hydroxyl groups excluding tert-OH is 1. The number of rotatable bonds is 8. The highest BCUT2D eigenvalue weighted by atomic mass is 32.2. The van der Waals surface area contributed by atoms with E-state index in [0.29, 0.717) is 30.9 Å². The Bertz CT molecular complexity index is 1390. The maximum Gasteiger partial charge on any atom is 0.319 e. The molecule has 0 aromatic heterocycles. The highest BCUT2D eigenvalue weighted by Crippen LogP contribution is 2.29. The van der Waals surface area contributed by atoms with Crippen LogP contribution in [-0.4, -0.2) is 92.3 Å². The largest absolute Gasteiger partial charge is 0.490 e. The van der Waals surface area contributed by atoms with E-state index in [-0.39, 0.29) is 48.2 Å². The molecule has 1 heterocycles. The van der Waals surface area contributed by atoms with Crippen LogP contribution in [-0.2, 0) is 14.8 Å². The Hall–Kier alpha value is -3.26. The number of sulfonamides is 1. The number of aliphatic hydroxyl groups is 1. The van der Waals surface area contributed by atoms with Crippen molar-refractivity contribution in [2.24, 2.45) is 5.92 Å². The van der Waals surface area contributed by atoms with Crippen molar-refractivity contribution in [1.82, 2.24) is 14.5 Å². The van der Waals surface area contributed by atoms with Gasteiger partial charge in [-0.15, -0.1) is 0 Å². The van der Waals surface area contributed by atoms with Crippen molar-refractivity contribution >= 4 is 27.6 Å². The molecule has 0 spiro atoms. The molecule has 11 nitrogen and oxygen atoms in total. The van der Waals surface area contributed by atoms with Crippen molar-refractivity contribution in [2.45, 2.75) is 83.1 Å². The van der Waals surface area contributed by atoms with E-state index in [4.69, 9.17) is 9.47 Å². The Morgan fingerprint density at radius 1 is 1.13 bits per heavy atom. The summed E-state index contributed by atoms with van der Waals surface area (Å²) in [5, 5.41) is 15.7. The Labute approximate surface area is 266 Å². The van der Waals surface area contributed by atoms with Gasteiger partial charge in [-0.3, -0.25) is 4.79 Å². The van der Waals surface area contributed by atoms with Crippen LogP contribution >= 0.6 is 0 Å². The lowest BCUT2D eigenvalue weighted by Crippen LogP contribution is -2.48. The second kappa shape index (κ2) is 16.3. The third kappa shape index (κ3) is 10.1. The number of amides is 3. The zero-order valence-electron chi connectivity index (χ0n) is 27.0. The summed E-state index contributed by atoms with van der Waals surface area (Å²) in [5.41, 5.74) is 0.623. The second-order valence-electron chi connectivity index (χ2n) is 12.0. The Morgan fingerprint density at radius 2 is 1.82 bits per heavy atom. The summed E-state index contributed by atoms with van der Waals surface area (Å²) in [7, 11) is -2.50. The summed E-state index contributed by atoms with van der Waals surface area (Å²) >= 11 is 0. The van der Waals surface area contributed by atoms with Crippen LogP contribution in [0.4, 0.5) is 14.9 Å². The van der Waals surface area contributed by atoms with Gasteiger partial charge in [-0.05, 0) is 89.4 Å². The molecule has 0 saturated carbocycles. The maximum absolute atomic E-state index is 14.2. The first-order chi connectivity index (χ1) is 21.2. The van der Waals surface area contributed by atoms with E-state index >= 15 is 0 Å². The molecule has 250 valence electrons. The fraction of sp³-hybridized carbons (Fsp3) is 0.562. The van der Waals surface area contributed by atoms with Crippen LogP contribution in [0.15, 0.2) is 47.4 Å². The van der Waals surface area contributed by atoms with Crippen molar-refractivity contribution in [3.05, 3.63) is 53.8 Å². The van der Waals surface area contributed by atoms with Gasteiger partial charge in [0.05, 0.1) is 35.3 Å². The van der Waals surface area contributed by atoms with Gasteiger partial charge in [0.15, 0.2) is 0 Å².